The highest BCUT2D eigenvalue weighted by Crippen LogP contribution is 2.12. The Kier molecular flexibility index (Phi) is 4.71. The highest BCUT2D eigenvalue weighted by atomic mass is 16.5. The maximum atomic E-state index is 12.0. The van der Waals surface area contributed by atoms with Crippen molar-refractivity contribution < 1.29 is 9.53 Å². The van der Waals surface area contributed by atoms with Gasteiger partial charge in [0.2, 0.25) is 5.95 Å². The highest BCUT2D eigenvalue weighted by Gasteiger charge is 2.15. The van der Waals surface area contributed by atoms with Gasteiger partial charge in [-0.15, -0.1) is 0 Å². The van der Waals surface area contributed by atoms with Crippen LogP contribution in [0.15, 0.2) is 42.7 Å². The van der Waals surface area contributed by atoms with Crippen LogP contribution in [0.5, 0.6) is 5.75 Å². The summed E-state index contributed by atoms with van der Waals surface area (Å²) in [5, 5.41) is 2.72. The number of nitrogens with one attached hydrogen (secondary N) is 1. The molecular formula is C15H18N4O2. The second kappa shape index (κ2) is 6.69. The molecule has 21 heavy (non-hydrogen) atoms. The summed E-state index contributed by atoms with van der Waals surface area (Å²) in [4.78, 5) is 22.1. The minimum Gasteiger partial charge on any atom is -0.481 e. The van der Waals surface area contributed by atoms with E-state index in [1.165, 1.54) is 0 Å². The maximum Gasteiger partial charge on any atom is 0.265 e. The molecule has 2 rings (SSSR count). The fraction of sp³-hybridized carbons (Fsp3) is 0.267. The molecule has 0 aliphatic rings. The van der Waals surface area contributed by atoms with Crippen molar-refractivity contribution in [1.29, 1.82) is 0 Å². The first kappa shape index (κ1) is 14.8. The van der Waals surface area contributed by atoms with E-state index in [-0.39, 0.29) is 5.91 Å². The molecule has 6 nitrogen and oxygen atoms in total. The van der Waals surface area contributed by atoms with Gasteiger partial charge in [-0.3, -0.25) is 4.79 Å². The number of aromatic nitrogens is 2. The second-order valence-electron chi connectivity index (χ2n) is 4.73. The average molecular weight is 286 g/mol. The number of hydrogen-bond donors (Lipinski definition) is 1. The summed E-state index contributed by atoms with van der Waals surface area (Å²) in [5.74, 6) is 0.987. The van der Waals surface area contributed by atoms with Gasteiger partial charge in [0, 0.05) is 14.1 Å². The Labute approximate surface area is 123 Å². The molecule has 0 fully saturated rings. The van der Waals surface area contributed by atoms with E-state index in [4.69, 9.17) is 4.74 Å². The van der Waals surface area contributed by atoms with E-state index < -0.39 is 6.10 Å². The lowest BCUT2D eigenvalue weighted by Gasteiger charge is -2.15. The molecule has 1 N–H and O–H groups in total. The molecule has 110 valence electrons. The number of nitrogens with zero attached hydrogens (tertiary/aromatic N) is 3. The number of para-hydroxylation sites is 1. The van der Waals surface area contributed by atoms with Crippen LogP contribution in [-0.2, 0) is 4.79 Å². The Morgan fingerprint density at radius 1 is 1.19 bits per heavy atom. The second-order valence-corrected chi connectivity index (χ2v) is 4.73. The van der Waals surface area contributed by atoms with Crippen molar-refractivity contribution in [2.24, 2.45) is 0 Å². The van der Waals surface area contributed by atoms with Crippen molar-refractivity contribution in [2.45, 2.75) is 13.0 Å². The van der Waals surface area contributed by atoms with Crippen LogP contribution in [0.3, 0.4) is 0 Å². The quantitative estimate of drug-likeness (QED) is 0.910. The number of anilines is 2. The van der Waals surface area contributed by atoms with Crippen molar-refractivity contribution in [3.8, 4) is 5.75 Å². The summed E-state index contributed by atoms with van der Waals surface area (Å²) in [6.45, 7) is 1.69. The summed E-state index contributed by atoms with van der Waals surface area (Å²) < 4.78 is 5.55. The molecule has 6 heteroatoms. The van der Waals surface area contributed by atoms with Crippen molar-refractivity contribution >= 4 is 17.5 Å². The van der Waals surface area contributed by atoms with Crippen molar-refractivity contribution in [1.82, 2.24) is 9.97 Å². The van der Waals surface area contributed by atoms with Gasteiger partial charge < -0.3 is 15.0 Å². The summed E-state index contributed by atoms with van der Waals surface area (Å²) in [5.41, 5.74) is 0.536. The minimum absolute atomic E-state index is 0.250. The predicted octanol–water partition coefficient (Wildman–Crippen LogP) is 1.95. The zero-order valence-corrected chi connectivity index (χ0v) is 12.3. The van der Waals surface area contributed by atoms with E-state index in [0.717, 1.165) is 0 Å². The molecule has 0 unspecified atom stereocenters. The molecule has 0 spiro atoms. The lowest BCUT2D eigenvalue weighted by Crippen LogP contribution is -2.30. The summed E-state index contributed by atoms with van der Waals surface area (Å²) >= 11 is 0. The number of carbonyl (C=O) groups is 1. The average Bonchev–Trinajstić information content (AvgIpc) is 2.48. The molecule has 0 saturated carbocycles. The molecule has 2 aromatic rings. The molecule has 0 aliphatic carbocycles. The molecule has 1 atom stereocenters. The lowest BCUT2D eigenvalue weighted by atomic mass is 10.3. The zero-order chi connectivity index (χ0) is 15.2. The van der Waals surface area contributed by atoms with Crippen LogP contribution < -0.4 is 15.0 Å². The van der Waals surface area contributed by atoms with Crippen LogP contribution in [0, 0.1) is 0 Å². The first-order valence-corrected chi connectivity index (χ1v) is 6.58. The molecule has 0 saturated heterocycles. The summed E-state index contributed by atoms with van der Waals surface area (Å²) in [6.07, 6.45) is 2.52. The Morgan fingerprint density at radius 2 is 1.81 bits per heavy atom. The van der Waals surface area contributed by atoms with Gasteiger partial charge in [-0.05, 0) is 19.1 Å². The van der Waals surface area contributed by atoms with Gasteiger partial charge >= 0.3 is 0 Å². The predicted molar refractivity (Wildman–Crippen MR) is 81.5 cm³/mol. The van der Waals surface area contributed by atoms with Crippen LogP contribution in [0.25, 0.3) is 0 Å². The number of amides is 1. The number of ether oxygens (including phenoxy) is 1. The summed E-state index contributed by atoms with van der Waals surface area (Å²) in [6, 6.07) is 9.21. The molecule has 1 amide bonds. The third-order valence-corrected chi connectivity index (χ3v) is 2.73. The molecule has 1 heterocycles. The van der Waals surface area contributed by atoms with Crippen LogP contribution in [0.4, 0.5) is 11.6 Å². The molecule has 0 aliphatic heterocycles. The van der Waals surface area contributed by atoms with Crippen molar-refractivity contribution in [2.75, 3.05) is 24.3 Å². The van der Waals surface area contributed by atoms with Gasteiger partial charge in [0.25, 0.3) is 5.91 Å². The normalized spacial score (nSPS) is 11.6. The fourth-order valence-electron chi connectivity index (χ4n) is 1.62. The van der Waals surface area contributed by atoms with Crippen LogP contribution >= 0.6 is 0 Å². The Hall–Kier alpha value is -2.63. The van der Waals surface area contributed by atoms with Gasteiger partial charge in [0.15, 0.2) is 6.10 Å². The molecular weight excluding hydrogens is 268 g/mol. The first-order valence-electron chi connectivity index (χ1n) is 6.58. The third-order valence-electron chi connectivity index (χ3n) is 2.73. The van der Waals surface area contributed by atoms with E-state index in [1.807, 2.05) is 32.3 Å². The van der Waals surface area contributed by atoms with Crippen LogP contribution in [0.1, 0.15) is 6.92 Å². The number of hydrogen-bond acceptors (Lipinski definition) is 5. The molecule has 0 bridgehead atoms. The number of benzene rings is 1. The van der Waals surface area contributed by atoms with Crippen LogP contribution in [0.2, 0.25) is 0 Å². The molecule has 1 aromatic heterocycles. The Bertz CT molecular complexity index is 584. The van der Waals surface area contributed by atoms with E-state index in [1.54, 1.807) is 36.4 Å². The third kappa shape index (κ3) is 4.17. The smallest absolute Gasteiger partial charge is 0.265 e. The van der Waals surface area contributed by atoms with Gasteiger partial charge in [-0.2, -0.15) is 0 Å². The van der Waals surface area contributed by atoms with Gasteiger partial charge in [0.05, 0.1) is 18.1 Å². The highest BCUT2D eigenvalue weighted by molar-refractivity contribution is 5.93. The number of carbonyl (C=O) groups excluding carboxylic acids is 1. The fourth-order valence-corrected chi connectivity index (χ4v) is 1.62. The largest absolute Gasteiger partial charge is 0.481 e. The SMILES string of the molecule is C[C@H](Oc1ccccc1)C(=O)Nc1cnc(N(C)C)nc1. The standard InChI is InChI=1S/C15H18N4O2/c1-11(21-13-7-5-4-6-8-13)14(20)18-12-9-16-15(17-10-12)19(2)3/h4-11H,1-3H3,(H,18,20)/t11-/m0/s1. The minimum atomic E-state index is -0.610. The van der Waals surface area contributed by atoms with Gasteiger partial charge in [-0.25, -0.2) is 9.97 Å². The molecule has 0 radical (unpaired) electrons. The Balaban J connectivity index is 1.94. The summed E-state index contributed by atoms with van der Waals surface area (Å²) in [7, 11) is 3.70. The maximum absolute atomic E-state index is 12.0. The zero-order valence-electron chi connectivity index (χ0n) is 12.3. The van der Waals surface area contributed by atoms with Gasteiger partial charge in [-0.1, -0.05) is 18.2 Å². The monoisotopic (exact) mass is 286 g/mol. The lowest BCUT2D eigenvalue weighted by molar-refractivity contribution is -0.122. The van der Waals surface area contributed by atoms with Crippen molar-refractivity contribution in [3.63, 3.8) is 0 Å². The van der Waals surface area contributed by atoms with E-state index in [2.05, 4.69) is 15.3 Å². The van der Waals surface area contributed by atoms with Crippen LogP contribution in [-0.4, -0.2) is 36.1 Å². The first-order chi connectivity index (χ1) is 10.1. The van der Waals surface area contributed by atoms with E-state index >= 15 is 0 Å². The van der Waals surface area contributed by atoms with Gasteiger partial charge in [0.1, 0.15) is 5.75 Å². The molecule has 1 aromatic carbocycles. The number of rotatable bonds is 5. The topological polar surface area (TPSA) is 67.3 Å². The van der Waals surface area contributed by atoms with Crippen molar-refractivity contribution in [3.05, 3.63) is 42.7 Å². The van der Waals surface area contributed by atoms with E-state index in [9.17, 15) is 4.79 Å². The van der Waals surface area contributed by atoms with E-state index in [0.29, 0.717) is 17.4 Å². The Morgan fingerprint density at radius 3 is 2.38 bits per heavy atom.